The minimum absolute atomic E-state index is 0.0727. The molecule has 0 aliphatic carbocycles. The summed E-state index contributed by atoms with van der Waals surface area (Å²) in [6.45, 7) is 10.0. The summed E-state index contributed by atoms with van der Waals surface area (Å²) >= 11 is 0. The van der Waals surface area contributed by atoms with E-state index in [1.54, 1.807) is 6.33 Å². The molecule has 0 aliphatic heterocycles. The van der Waals surface area contributed by atoms with Gasteiger partial charge in [-0.05, 0) is 50.5 Å². The highest BCUT2D eigenvalue weighted by atomic mass is 15.2. The average molecular weight is 517 g/mol. The summed E-state index contributed by atoms with van der Waals surface area (Å²) in [7, 11) is 0. The topological polar surface area (TPSA) is 70.6 Å². The molecule has 3 aromatic heterocycles. The molecule has 1 aromatic carbocycles. The highest BCUT2D eigenvalue weighted by Gasteiger charge is 2.17. The van der Waals surface area contributed by atoms with Crippen molar-refractivity contribution in [1.82, 2.24) is 24.9 Å². The van der Waals surface area contributed by atoms with Crippen LogP contribution in [0.2, 0.25) is 0 Å². The summed E-state index contributed by atoms with van der Waals surface area (Å²) in [5.74, 6) is 3.52. The molecular weight excluding hydrogens is 480 g/mol. The van der Waals surface area contributed by atoms with Crippen LogP contribution in [0.25, 0.3) is 38.9 Å². The molecule has 198 valence electrons. The number of aromatic nitrogens is 5. The van der Waals surface area contributed by atoms with Crippen molar-refractivity contribution in [2.24, 2.45) is 5.92 Å². The zero-order valence-electron chi connectivity index (χ0n) is 23.2. The molecule has 39 heavy (non-hydrogen) atoms. The van der Waals surface area contributed by atoms with Crippen LogP contribution in [-0.2, 0) is 0 Å². The van der Waals surface area contributed by atoms with Crippen molar-refractivity contribution >= 4 is 22.4 Å². The summed E-state index contributed by atoms with van der Waals surface area (Å²) in [6.07, 6.45) is 25.6. The van der Waals surface area contributed by atoms with Gasteiger partial charge in [-0.2, -0.15) is 0 Å². The molecule has 0 fully saturated rings. The van der Waals surface area contributed by atoms with Crippen LogP contribution in [0.4, 0.5) is 5.95 Å². The maximum Gasteiger partial charge on any atom is 0.225 e. The number of rotatable bonds is 11. The maximum absolute atomic E-state index is 5.80. The Labute approximate surface area is 231 Å². The number of fused-ring (bicyclic) bond motifs is 1. The molecule has 1 N–H and O–H groups in total. The molecular formula is C33H36N6. The van der Waals surface area contributed by atoms with E-state index in [1.807, 2.05) is 44.6 Å². The molecule has 0 saturated heterocycles. The lowest BCUT2D eigenvalue weighted by atomic mass is 9.94. The van der Waals surface area contributed by atoms with Gasteiger partial charge in [-0.3, -0.25) is 4.98 Å². The molecule has 3 heterocycles. The highest BCUT2D eigenvalue weighted by Crippen LogP contribution is 2.32. The number of terminal acetylenes is 1. The number of anilines is 1. The first-order chi connectivity index (χ1) is 19.1. The predicted molar refractivity (Wildman–Crippen MR) is 163 cm³/mol. The van der Waals surface area contributed by atoms with Gasteiger partial charge in [-0.1, -0.05) is 56.2 Å². The zero-order chi connectivity index (χ0) is 27.6. The smallest absolute Gasteiger partial charge is 0.225 e. The van der Waals surface area contributed by atoms with Crippen LogP contribution in [0.1, 0.15) is 46.2 Å². The van der Waals surface area contributed by atoms with E-state index in [2.05, 4.69) is 87.1 Å². The van der Waals surface area contributed by atoms with Crippen molar-refractivity contribution in [2.75, 3.05) is 18.0 Å². The quantitative estimate of drug-likeness (QED) is 0.127. The fourth-order valence-electron chi connectivity index (χ4n) is 4.41. The van der Waals surface area contributed by atoms with Crippen LogP contribution in [0.5, 0.6) is 0 Å². The van der Waals surface area contributed by atoms with Gasteiger partial charge in [-0.25, -0.2) is 15.0 Å². The van der Waals surface area contributed by atoms with Crippen LogP contribution in [0.15, 0.2) is 79.6 Å². The maximum atomic E-state index is 5.80. The van der Waals surface area contributed by atoms with E-state index < -0.39 is 0 Å². The van der Waals surface area contributed by atoms with Gasteiger partial charge in [0.1, 0.15) is 0 Å². The molecule has 0 bridgehead atoms. The van der Waals surface area contributed by atoms with E-state index in [-0.39, 0.29) is 5.92 Å². The van der Waals surface area contributed by atoms with E-state index in [4.69, 9.17) is 11.4 Å². The second kappa shape index (κ2) is 13.3. The van der Waals surface area contributed by atoms with Gasteiger partial charge in [0.15, 0.2) is 0 Å². The van der Waals surface area contributed by atoms with Gasteiger partial charge >= 0.3 is 0 Å². The Bertz CT molecular complexity index is 1520. The van der Waals surface area contributed by atoms with Crippen molar-refractivity contribution < 1.29 is 0 Å². The van der Waals surface area contributed by atoms with Crippen molar-refractivity contribution in [3.8, 4) is 34.7 Å². The number of imidazole rings is 1. The van der Waals surface area contributed by atoms with Crippen molar-refractivity contribution in [1.29, 1.82) is 0 Å². The van der Waals surface area contributed by atoms with Gasteiger partial charge in [0.25, 0.3) is 0 Å². The van der Waals surface area contributed by atoms with Gasteiger partial charge in [0.2, 0.25) is 5.95 Å². The molecule has 4 rings (SSSR count). The lowest BCUT2D eigenvalue weighted by molar-refractivity contribution is 0.784. The Morgan fingerprint density at radius 2 is 1.79 bits per heavy atom. The molecule has 0 spiro atoms. The number of allylic oxidation sites excluding steroid dienone is 5. The number of benzene rings is 1. The molecule has 0 aliphatic rings. The highest BCUT2D eigenvalue weighted by molar-refractivity contribution is 5.89. The Hall–Kier alpha value is -4.50. The Morgan fingerprint density at radius 1 is 1.03 bits per heavy atom. The van der Waals surface area contributed by atoms with Crippen LogP contribution in [-0.4, -0.2) is 38.0 Å². The van der Waals surface area contributed by atoms with Crippen molar-refractivity contribution in [3.05, 3.63) is 85.3 Å². The summed E-state index contributed by atoms with van der Waals surface area (Å²) in [5.41, 5.74) is 6.65. The fraction of sp³-hybridized carbons (Fsp3) is 0.273. The van der Waals surface area contributed by atoms with E-state index >= 15 is 0 Å². The first kappa shape index (κ1) is 27.5. The second-order valence-electron chi connectivity index (χ2n) is 9.39. The third-order valence-corrected chi connectivity index (χ3v) is 6.56. The lowest BCUT2D eigenvalue weighted by Gasteiger charge is -2.20. The van der Waals surface area contributed by atoms with Gasteiger partial charge in [-0.15, -0.1) is 6.42 Å². The molecule has 0 amide bonds. The molecule has 6 nitrogen and oxygen atoms in total. The minimum atomic E-state index is -0.0727. The van der Waals surface area contributed by atoms with Crippen LogP contribution in [0, 0.1) is 18.3 Å². The molecule has 0 saturated carbocycles. The van der Waals surface area contributed by atoms with Gasteiger partial charge in [0.05, 0.1) is 23.2 Å². The summed E-state index contributed by atoms with van der Waals surface area (Å²) in [4.78, 5) is 24.2. The number of pyridine rings is 1. The van der Waals surface area contributed by atoms with Gasteiger partial charge < -0.3 is 9.88 Å². The Balaban J connectivity index is 1.68. The zero-order valence-corrected chi connectivity index (χ0v) is 23.2. The third kappa shape index (κ3) is 6.50. The predicted octanol–water partition coefficient (Wildman–Crippen LogP) is 7.49. The number of nitrogens with one attached hydrogen (secondary N) is 1. The number of H-pyrrole nitrogens is 1. The number of hydrogen-bond acceptors (Lipinski definition) is 5. The molecule has 6 heteroatoms. The molecule has 1 atom stereocenters. The van der Waals surface area contributed by atoms with E-state index in [1.165, 1.54) is 0 Å². The van der Waals surface area contributed by atoms with E-state index in [0.29, 0.717) is 0 Å². The fourth-order valence-corrected chi connectivity index (χ4v) is 4.41. The second-order valence-corrected chi connectivity index (χ2v) is 9.39. The van der Waals surface area contributed by atoms with Crippen molar-refractivity contribution in [2.45, 2.75) is 40.5 Å². The summed E-state index contributed by atoms with van der Waals surface area (Å²) < 4.78 is 0. The standard InChI is InChI=1S/C33H36N6/c1-6-10-12-13-29(24(5)9-4)32-31(37-23-38-32)25-14-15-30-26(18-25)19-27(20-34-30)28-21-35-33(36-22-28)39(16-8-3)17-11-7-2/h4,7,10-15,18-24H,6,8,16-17H2,1-3,5H3,(H,37,38)/b11-7-,12-10-,29-13+. The Morgan fingerprint density at radius 3 is 2.51 bits per heavy atom. The summed E-state index contributed by atoms with van der Waals surface area (Å²) in [5, 5.41) is 1.02. The Kier molecular flexibility index (Phi) is 9.42. The van der Waals surface area contributed by atoms with E-state index in [0.717, 1.165) is 76.4 Å². The van der Waals surface area contributed by atoms with Gasteiger partial charge in [0, 0.05) is 59.7 Å². The van der Waals surface area contributed by atoms with Crippen molar-refractivity contribution in [3.63, 3.8) is 0 Å². The third-order valence-electron chi connectivity index (χ3n) is 6.56. The number of aromatic amines is 1. The first-order valence-electron chi connectivity index (χ1n) is 13.5. The number of hydrogen-bond donors (Lipinski definition) is 1. The SMILES string of the molecule is C#CC(C)/C(=C\C=C/CC)c1nc[nH]c1-c1ccc2ncc(-c3cnc(N(C/C=C\C)CCC)nc3)cc2c1. The van der Waals surface area contributed by atoms with Crippen LogP contribution >= 0.6 is 0 Å². The number of nitrogens with zero attached hydrogens (tertiary/aromatic N) is 5. The van der Waals surface area contributed by atoms with Crippen LogP contribution < -0.4 is 4.90 Å². The monoisotopic (exact) mass is 516 g/mol. The molecule has 1 unspecified atom stereocenters. The van der Waals surface area contributed by atoms with Crippen LogP contribution in [0.3, 0.4) is 0 Å². The average Bonchev–Trinajstić information content (AvgIpc) is 3.46. The van der Waals surface area contributed by atoms with E-state index in [9.17, 15) is 0 Å². The summed E-state index contributed by atoms with van der Waals surface area (Å²) in [6, 6.07) is 8.37. The lowest BCUT2D eigenvalue weighted by Crippen LogP contribution is -2.26. The minimum Gasteiger partial charge on any atom is -0.344 e. The molecule has 0 radical (unpaired) electrons. The largest absolute Gasteiger partial charge is 0.344 e. The molecule has 4 aromatic rings. The normalized spacial score (nSPS) is 12.8. The first-order valence-corrected chi connectivity index (χ1v) is 13.5.